The Bertz CT molecular complexity index is 1060. The van der Waals surface area contributed by atoms with Gasteiger partial charge >= 0.3 is 5.63 Å². The summed E-state index contributed by atoms with van der Waals surface area (Å²) in [4.78, 5) is 14.5. The topological polar surface area (TPSA) is 42.7 Å². The van der Waals surface area contributed by atoms with E-state index >= 15 is 0 Å². The Morgan fingerprint density at radius 3 is 2.50 bits per heavy atom. The molecule has 0 fully saturated rings. The molecule has 0 amide bonds. The molecule has 0 atom stereocenters. The number of anilines is 1. The molecular weight excluding hydrogens is 333 g/mol. The molecule has 132 valence electrons. The number of ether oxygens (including phenoxy) is 1. The zero-order chi connectivity index (χ0) is 17.7. The molecule has 2 aliphatic rings. The second-order valence-corrected chi connectivity index (χ2v) is 6.92. The van der Waals surface area contributed by atoms with Gasteiger partial charge in [0.1, 0.15) is 17.1 Å². The van der Waals surface area contributed by atoms with Gasteiger partial charge < -0.3 is 14.1 Å². The smallest absolute Gasteiger partial charge is 0.339 e. The van der Waals surface area contributed by atoms with Gasteiger partial charge in [-0.05, 0) is 67.6 Å². The Labute approximate surface area is 149 Å². The molecule has 0 unspecified atom stereocenters. The summed E-state index contributed by atoms with van der Waals surface area (Å²) in [5.41, 5.74) is 4.11. The second-order valence-electron chi connectivity index (χ2n) is 6.92. The molecule has 3 aromatic rings. The van der Waals surface area contributed by atoms with E-state index in [2.05, 4.69) is 0 Å². The summed E-state index contributed by atoms with van der Waals surface area (Å²) in [7, 11) is 0. The Kier molecular flexibility index (Phi) is 3.48. The first-order valence-electron chi connectivity index (χ1n) is 8.94. The first-order chi connectivity index (χ1) is 12.7. The molecule has 0 N–H and O–H groups in total. The van der Waals surface area contributed by atoms with Crippen molar-refractivity contribution in [3.8, 4) is 5.75 Å². The lowest BCUT2D eigenvalue weighted by Crippen LogP contribution is -2.32. The molecule has 2 heterocycles. The summed E-state index contributed by atoms with van der Waals surface area (Å²) < 4.78 is 24.8. The van der Waals surface area contributed by atoms with Crippen molar-refractivity contribution in [3.63, 3.8) is 0 Å². The fourth-order valence-electron chi connectivity index (χ4n) is 4.03. The summed E-state index contributed by atoms with van der Waals surface area (Å²) in [6, 6.07) is 10.3. The van der Waals surface area contributed by atoms with Gasteiger partial charge in [-0.3, -0.25) is 0 Å². The fraction of sp³-hybridized carbons (Fsp3) is 0.286. The number of halogens is 1. The maximum absolute atomic E-state index is 13.2. The highest BCUT2D eigenvalue weighted by Gasteiger charge is 2.25. The zero-order valence-electron chi connectivity index (χ0n) is 14.3. The zero-order valence-corrected chi connectivity index (χ0v) is 14.3. The van der Waals surface area contributed by atoms with Crippen molar-refractivity contribution in [2.45, 2.75) is 32.2 Å². The Hall–Kier alpha value is -2.82. The SMILES string of the molecule is O=c1oc2c3c(ccc2c2c1CCCC2)OCN(c1ccc(F)cc1)C3. The van der Waals surface area contributed by atoms with Gasteiger partial charge in [0, 0.05) is 16.6 Å². The molecule has 2 aromatic carbocycles. The third-order valence-corrected chi connectivity index (χ3v) is 5.37. The number of nitrogens with zero attached hydrogens (tertiary/aromatic N) is 1. The van der Waals surface area contributed by atoms with Crippen LogP contribution in [0.4, 0.5) is 10.1 Å². The number of rotatable bonds is 1. The maximum atomic E-state index is 13.2. The summed E-state index contributed by atoms with van der Waals surface area (Å²) in [6.07, 6.45) is 3.85. The molecule has 4 nitrogen and oxygen atoms in total. The molecule has 5 rings (SSSR count). The van der Waals surface area contributed by atoms with Crippen LogP contribution in [0.25, 0.3) is 11.0 Å². The fourth-order valence-corrected chi connectivity index (χ4v) is 4.03. The van der Waals surface area contributed by atoms with E-state index in [1.165, 1.54) is 12.1 Å². The second kappa shape index (κ2) is 5.87. The Balaban J connectivity index is 1.64. The molecule has 1 aromatic heterocycles. The van der Waals surface area contributed by atoms with E-state index in [1.54, 1.807) is 12.1 Å². The van der Waals surface area contributed by atoms with Gasteiger partial charge in [0.25, 0.3) is 0 Å². The summed E-state index contributed by atoms with van der Waals surface area (Å²) in [5.74, 6) is 0.477. The van der Waals surface area contributed by atoms with Crippen LogP contribution in [-0.2, 0) is 19.4 Å². The standard InChI is InChI=1S/C21H18FNO3/c22-13-5-7-14(8-6-13)23-11-18-19(25-12-23)10-9-16-15-3-1-2-4-17(15)21(24)26-20(16)18/h5-10H,1-4,11-12H2. The highest BCUT2D eigenvalue weighted by atomic mass is 19.1. The minimum atomic E-state index is -0.268. The minimum Gasteiger partial charge on any atom is -0.473 e. The van der Waals surface area contributed by atoms with Crippen LogP contribution in [0.3, 0.4) is 0 Å². The molecule has 0 radical (unpaired) electrons. The van der Waals surface area contributed by atoms with Gasteiger partial charge in [-0.1, -0.05) is 0 Å². The minimum absolute atomic E-state index is 0.223. The van der Waals surface area contributed by atoms with Crippen molar-refractivity contribution in [2.24, 2.45) is 0 Å². The van der Waals surface area contributed by atoms with Gasteiger partial charge in [0.15, 0.2) is 6.73 Å². The van der Waals surface area contributed by atoms with E-state index in [0.717, 1.165) is 59.2 Å². The predicted octanol–water partition coefficient (Wildman–Crippen LogP) is 4.17. The van der Waals surface area contributed by atoms with E-state index in [1.807, 2.05) is 17.0 Å². The molecule has 1 aliphatic carbocycles. The molecule has 1 aliphatic heterocycles. The number of aryl methyl sites for hydroxylation is 1. The highest BCUT2D eigenvalue weighted by Crippen LogP contribution is 2.36. The van der Waals surface area contributed by atoms with Gasteiger partial charge in [0.05, 0.1) is 12.1 Å². The lowest BCUT2D eigenvalue weighted by Gasteiger charge is -2.31. The average Bonchev–Trinajstić information content (AvgIpc) is 2.68. The third-order valence-electron chi connectivity index (χ3n) is 5.37. The van der Waals surface area contributed by atoms with Crippen molar-refractivity contribution in [1.29, 1.82) is 0 Å². The summed E-state index contributed by atoms with van der Waals surface area (Å²) in [6.45, 7) is 0.930. The van der Waals surface area contributed by atoms with Gasteiger partial charge in [-0.25, -0.2) is 9.18 Å². The monoisotopic (exact) mass is 351 g/mol. The van der Waals surface area contributed by atoms with Crippen LogP contribution in [0.15, 0.2) is 45.6 Å². The Morgan fingerprint density at radius 2 is 1.69 bits per heavy atom. The molecule has 26 heavy (non-hydrogen) atoms. The van der Waals surface area contributed by atoms with Crippen LogP contribution in [0.2, 0.25) is 0 Å². The maximum Gasteiger partial charge on any atom is 0.339 e. The van der Waals surface area contributed by atoms with Crippen LogP contribution >= 0.6 is 0 Å². The molecule has 0 bridgehead atoms. The molecular formula is C21H18FNO3. The van der Waals surface area contributed by atoms with Crippen molar-refractivity contribution in [3.05, 3.63) is 69.3 Å². The van der Waals surface area contributed by atoms with Crippen LogP contribution in [0.1, 0.15) is 29.5 Å². The van der Waals surface area contributed by atoms with Gasteiger partial charge in [-0.2, -0.15) is 0 Å². The third kappa shape index (κ3) is 2.38. The van der Waals surface area contributed by atoms with E-state index in [9.17, 15) is 9.18 Å². The first kappa shape index (κ1) is 15.4. The van der Waals surface area contributed by atoms with Crippen molar-refractivity contribution in [2.75, 3.05) is 11.6 Å². The average molecular weight is 351 g/mol. The normalized spacial score (nSPS) is 16.1. The molecule has 0 spiro atoms. The number of benzene rings is 2. The largest absolute Gasteiger partial charge is 0.473 e. The van der Waals surface area contributed by atoms with Crippen molar-refractivity contribution in [1.82, 2.24) is 0 Å². The van der Waals surface area contributed by atoms with Crippen molar-refractivity contribution < 1.29 is 13.5 Å². The highest BCUT2D eigenvalue weighted by molar-refractivity contribution is 5.86. The molecule has 0 saturated heterocycles. The van der Waals surface area contributed by atoms with E-state index < -0.39 is 0 Å². The summed E-state index contributed by atoms with van der Waals surface area (Å²) >= 11 is 0. The van der Waals surface area contributed by atoms with Gasteiger partial charge in [-0.15, -0.1) is 0 Å². The molecule has 5 heteroatoms. The number of hydrogen-bond donors (Lipinski definition) is 0. The first-order valence-corrected chi connectivity index (χ1v) is 8.94. The van der Waals surface area contributed by atoms with E-state index in [-0.39, 0.29) is 11.4 Å². The lowest BCUT2D eigenvalue weighted by molar-refractivity contribution is 0.289. The quantitative estimate of drug-likeness (QED) is 0.617. The Morgan fingerprint density at radius 1 is 0.923 bits per heavy atom. The van der Waals surface area contributed by atoms with Crippen molar-refractivity contribution >= 4 is 16.7 Å². The number of hydrogen-bond acceptors (Lipinski definition) is 4. The van der Waals surface area contributed by atoms with Crippen LogP contribution < -0.4 is 15.3 Å². The van der Waals surface area contributed by atoms with E-state index in [0.29, 0.717) is 18.9 Å². The van der Waals surface area contributed by atoms with Crippen LogP contribution in [-0.4, -0.2) is 6.73 Å². The van der Waals surface area contributed by atoms with Crippen LogP contribution in [0, 0.1) is 5.82 Å². The van der Waals surface area contributed by atoms with Crippen LogP contribution in [0.5, 0.6) is 5.75 Å². The van der Waals surface area contributed by atoms with Gasteiger partial charge in [0.2, 0.25) is 0 Å². The lowest BCUT2D eigenvalue weighted by atomic mass is 9.90. The molecule has 0 saturated carbocycles. The number of fused-ring (bicyclic) bond motifs is 5. The van der Waals surface area contributed by atoms with E-state index in [4.69, 9.17) is 9.15 Å². The summed E-state index contributed by atoms with van der Waals surface area (Å²) in [5, 5.41) is 1.02. The predicted molar refractivity (Wildman–Crippen MR) is 97.2 cm³/mol.